The fraction of sp³-hybridized carbons (Fsp3) is 0.355. The molecule has 0 saturated carbocycles. The van der Waals surface area contributed by atoms with E-state index in [1.807, 2.05) is 25.1 Å². The molecule has 0 unspecified atom stereocenters. The summed E-state index contributed by atoms with van der Waals surface area (Å²) in [6.45, 7) is 13.7. The van der Waals surface area contributed by atoms with Crippen molar-refractivity contribution in [2.45, 2.75) is 33.4 Å². The quantitative estimate of drug-likeness (QED) is 0.234. The minimum atomic E-state index is 0.378. The van der Waals surface area contributed by atoms with Crippen LogP contribution in [0, 0.1) is 0 Å². The monoisotopic (exact) mass is 502 g/mol. The number of nitrogens with zero attached hydrogens (tertiary/aromatic N) is 1. The Morgan fingerprint density at radius 3 is 2.73 bits per heavy atom. The molecule has 6 nitrogen and oxygen atoms in total. The summed E-state index contributed by atoms with van der Waals surface area (Å²) in [5.41, 5.74) is 12.0. The van der Waals surface area contributed by atoms with Crippen LogP contribution in [0.25, 0.3) is 22.1 Å². The minimum absolute atomic E-state index is 0.378. The number of hydrogen-bond acceptors (Lipinski definition) is 6. The van der Waals surface area contributed by atoms with Gasteiger partial charge in [0.25, 0.3) is 0 Å². The van der Waals surface area contributed by atoms with Gasteiger partial charge in [0.1, 0.15) is 19.0 Å². The standard InChI is InChI=1S/C31H38N2O4/c1-4-8-29(24(5-2)6-3)36-21-27-22-37-31-28(27)18-26(25-10-7-9-23(17-25)20-32)19-30(31)35-16-13-33-11-14-34-15-12-33/h4-5,7-10,17-19,22H,1,6,11-16,20-21,32H2,2-3H3/b24-5-,29-8+. The lowest BCUT2D eigenvalue weighted by molar-refractivity contribution is 0.0323. The van der Waals surface area contributed by atoms with Crippen molar-refractivity contribution in [1.29, 1.82) is 0 Å². The number of morpholine rings is 1. The Labute approximate surface area is 220 Å². The van der Waals surface area contributed by atoms with E-state index in [-0.39, 0.29) is 0 Å². The summed E-state index contributed by atoms with van der Waals surface area (Å²) in [4.78, 5) is 2.36. The lowest BCUT2D eigenvalue weighted by Crippen LogP contribution is -2.38. The lowest BCUT2D eigenvalue weighted by Gasteiger charge is -2.26. The third-order valence-corrected chi connectivity index (χ3v) is 6.68. The van der Waals surface area contributed by atoms with Crippen molar-refractivity contribution >= 4 is 11.0 Å². The highest BCUT2D eigenvalue weighted by Crippen LogP contribution is 2.36. The Balaban J connectivity index is 1.64. The fourth-order valence-electron chi connectivity index (χ4n) is 4.56. The maximum atomic E-state index is 6.32. The molecule has 0 radical (unpaired) electrons. The van der Waals surface area contributed by atoms with Crippen molar-refractivity contribution < 1.29 is 18.6 Å². The summed E-state index contributed by atoms with van der Waals surface area (Å²) in [6, 6.07) is 12.5. The number of ether oxygens (including phenoxy) is 3. The van der Waals surface area contributed by atoms with Gasteiger partial charge in [0, 0.05) is 37.1 Å². The van der Waals surface area contributed by atoms with Crippen molar-refractivity contribution in [3.05, 3.63) is 89.9 Å². The number of nitrogens with two attached hydrogens (primary N) is 1. The summed E-state index contributed by atoms with van der Waals surface area (Å²) in [5, 5.41) is 0.980. The van der Waals surface area contributed by atoms with Gasteiger partial charge in [-0.1, -0.05) is 43.9 Å². The Kier molecular flexibility index (Phi) is 9.60. The molecule has 2 heterocycles. The SMILES string of the molecule is C=C/C=C(OCc1coc2c(OCCN3CCOCC3)cc(-c3cccc(CN)c3)cc12)\C(=C/C)CC. The van der Waals surface area contributed by atoms with Crippen LogP contribution in [0.3, 0.4) is 0 Å². The molecular weight excluding hydrogens is 464 g/mol. The number of fused-ring (bicyclic) bond motifs is 1. The average molecular weight is 503 g/mol. The number of furan rings is 1. The topological polar surface area (TPSA) is 70.1 Å². The first-order valence-electron chi connectivity index (χ1n) is 13.0. The van der Waals surface area contributed by atoms with Crippen LogP contribution in [0.1, 0.15) is 31.4 Å². The Morgan fingerprint density at radius 2 is 2.00 bits per heavy atom. The van der Waals surface area contributed by atoms with Crippen molar-refractivity contribution in [3.63, 3.8) is 0 Å². The van der Waals surface area contributed by atoms with Crippen molar-refractivity contribution in [1.82, 2.24) is 4.90 Å². The molecule has 1 aliphatic heterocycles. The summed E-state index contributed by atoms with van der Waals surface area (Å²) < 4.78 is 24.1. The van der Waals surface area contributed by atoms with Gasteiger partial charge in [0.2, 0.25) is 0 Å². The molecule has 37 heavy (non-hydrogen) atoms. The van der Waals surface area contributed by atoms with Gasteiger partial charge in [-0.05, 0) is 59.9 Å². The molecular formula is C31H38N2O4. The summed E-state index contributed by atoms with van der Waals surface area (Å²) in [6.07, 6.45) is 8.39. The molecule has 0 amide bonds. The van der Waals surface area contributed by atoms with Crippen LogP contribution in [0.5, 0.6) is 5.75 Å². The van der Waals surface area contributed by atoms with E-state index in [1.165, 1.54) is 0 Å². The Bertz CT molecular complexity index is 1250. The number of rotatable bonds is 12. The molecule has 0 atom stereocenters. The van der Waals surface area contributed by atoms with Crippen molar-refractivity contribution in [2.75, 3.05) is 39.5 Å². The largest absolute Gasteiger partial charge is 0.488 e. The van der Waals surface area contributed by atoms with Crippen LogP contribution in [0.2, 0.25) is 0 Å². The van der Waals surface area contributed by atoms with E-state index >= 15 is 0 Å². The number of hydrogen-bond donors (Lipinski definition) is 1. The lowest BCUT2D eigenvalue weighted by atomic mass is 10.00. The van der Waals surface area contributed by atoms with E-state index in [1.54, 1.807) is 12.3 Å². The first-order valence-corrected chi connectivity index (χ1v) is 13.0. The maximum absolute atomic E-state index is 6.32. The predicted molar refractivity (Wildman–Crippen MR) is 149 cm³/mol. The molecule has 6 heteroatoms. The molecule has 1 aliphatic rings. The number of allylic oxidation sites excluding steroid dienone is 4. The molecule has 1 aromatic heterocycles. The zero-order valence-electron chi connectivity index (χ0n) is 22.0. The second-order valence-electron chi connectivity index (χ2n) is 9.04. The van der Waals surface area contributed by atoms with Crippen LogP contribution in [0.4, 0.5) is 0 Å². The molecule has 0 bridgehead atoms. The van der Waals surface area contributed by atoms with Crippen molar-refractivity contribution in [2.24, 2.45) is 5.73 Å². The van der Waals surface area contributed by atoms with Gasteiger partial charge in [0.05, 0.1) is 19.5 Å². The highest BCUT2D eigenvalue weighted by atomic mass is 16.5. The summed E-state index contributed by atoms with van der Waals surface area (Å²) in [5.74, 6) is 1.55. The zero-order chi connectivity index (χ0) is 26.0. The van der Waals surface area contributed by atoms with Crippen molar-refractivity contribution in [3.8, 4) is 16.9 Å². The van der Waals surface area contributed by atoms with Crippen LogP contribution in [-0.2, 0) is 22.6 Å². The molecule has 1 saturated heterocycles. The smallest absolute Gasteiger partial charge is 0.176 e. The Morgan fingerprint density at radius 1 is 1.16 bits per heavy atom. The summed E-state index contributed by atoms with van der Waals surface area (Å²) >= 11 is 0. The van der Waals surface area contributed by atoms with E-state index < -0.39 is 0 Å². The van der Waals surface area contributed by atoms with E-state index in [4.69, 9.17) is 24.4 Å². The Hall–Kier alpha value is -3.32. The third kappa shape index (κ3) is 6.72. The second kappa shape index (κ2) is 13.3. The van der Waals surface area contributed by atoms with Crippen LogP contribution >= 0.6 is 0 Å². The average Bonchev–Trinajstić information content (AvgIpc) is 3.36. The zero-order valence-corrected chi connectivity index (χ0v) is 22.0. The van der Waals surface area contributed by atoms with E-state index in [0.29, 0.717) is 19.8 Å². The molecule has 1 fully saturated rings. The highest BCUT2D eigenvalue weighted by Gasteiger charge is 2.17. The molecule has 0 spiro atoms. The van der Waals surface area contributed by atoms with Crippen LogP contribution < -0.4 is 10.5 Å². The van der Waals surface area contributed by atoms with Gasteiger partial charge in [0.15, 0.2) is 11.3 Å². The molecule has 196 valence electrons. The van der Waals surface area contributed by atoms with Gasteiger partial charge < -0.3 is 24.4 Å². The highest BCUT2D eigenvalue weighted by molar-refractivity contribution is 5.91. The first-order chi connectivity index (χ1) is 18.2. The van der Waals surface area contributed by atoms with E-state index in [9.17, 15) is 0 Å². The van der Waals surface area contributed by atoms with Gasteiger partial charge in [-0.15, -0.1) is 0 Å². The van der Waals surface area contributed by atoms with E-state index in [0.717, 1.165) is 89.6 Å². The molecule has 2 N–H and O–H groups in total. The minimum Gasteiger partial charge on any atom is -0.488 e. The van der Waals surface area contributed by atoms with Crippen LogP contribution in [-0.4, -0.2) is 44.4 Å². The third-order valence-electron chi connectivity index (χ3n) is 6.68. The molecule has 4 rings (SSSR count). The van der Waals surface area contributed by atoms with Gasteiger partial charge in [-0.25, -0.2) is 0 Å². The molecule has 3 aromatic rings. The van der Waals surface area contributed by atoms with E-state index in [2.05, 4.69) is 48.7 Å². The van der Waals surface area contributed by atoms with Gasteiger partial charge in [-0.2, -0.15) is 0 Å². The normalized spacial score (nSPS) is 15.2. The fourth-order valence-corrected chi connectivity index (χ4v) is 4.56. The summed E-state index contributed by atoms with van der Waals surface area (Å²) in [7, 11) is 0. The molecule has 0 aliphatic carbocycles. The van der Waals surface area contributed by atoms with Gasteiger partial charge >= 0.3 is 0 Å². The van der Waals surface area contributed by atoms with Gasteiger partial charge in [-0.3, -0.25) is 4.90 Å². The predicted octanol–water partition coefficient (Wildman–Crippen LogP) is 6.21. The van der Waals surface area contributed by atoms with Crippen LogP contribution in [0.15, 0.2) is 83.2 Å². The second-order valence-corrected chi connectivity index (χ2v) is 9.04. The molecule has 2 aromatic carbocycles. The number of benzene rings is 2. The maximum Gasteiger partial charge on any atom is 0.176 e. The first kappa shape index (κ1) is 26.7.